The van der Waals surface area contributed by atoms with Crippen molar-refractivity contribution in [1.82, 2.24) is 9.13 Å². The molecule has 0 aliphatic carbocycles. The number of hydrogen-bond acceptors (Lipinski definition) is 6. The second kappa shape index (κ2) is 11.8. The summed E-state index contributed by atoms with van der Waals surface area (Å²) in [5.74, 6) is -0.747. The molecule has 0 radical (unpaired) electrons. The maximum absolute atomic E-state index is 14.5. The van der Waals surface area contributed by atoms with E-state index in [0.29, 0.717) is 32.7 Å². The molecule has 0 bridgehead atoms. The Hall–Kier alpha value is -4.21. The van der Waals surface area contributed by atoms with Crippen molar-refractivity contribution in [3.63, 3.8) is 0 Å². The molecule has 0 fully saturated rings. The molecule has 2 aromatic heterocycles. The van der Waals surface area contributed by atoms with Gasteiger partial charge in [0.2, 0.25) is 0 Å². The van der Waals surface area contributed by atoms with Crippen molar-refractivity contribution >= 4 is 46.0 Å². The van der Waals surface area contributed by atoms with Crippen molar-refractivity contribution in [2.45, 2.75) is 44.4 Å². The molecule has 0 saturated heterocycles. The number of aromatic nitrogens is 2. The van der Waals surface area contributed by atoms with Gasteiger partial charge >= 0.3 is 5.97 Å². The first-order valence-corrected chi connectivity index (χ1v) is 16.0. The highest BCUT2D eigenvalue weighted by Crippen LogP contribution is 2.32. The molecule has 6 rings (SSSR count). The zero-order chi connectivity index (χ0) is 30.2. The summed E-state index contributed by atoms with van der Waals surface area (Å²) < 4.78 is 24.2. The largest absolute Gasteiger partial charge is 0.459 e. The number of carbonyl (C=O) groups excluding carboxylic acids is 1. The van der Waals surface area contributed by atoms with Crippen LogP contribution in [-0.2, 0) is 16.1 Å². The van der Waals surface area contributed by atoms with E-state index in [2.05, 4.69) is 0 Å². The Kier molecular flexibility index (Phi) is 7.94. The van der Waals surface area contributed by atoms with E-state index in [1.54, 1.807) is 49.2 Å². The van der Waals surface area contributed by atoms with E-state index in [-0.39, 0.29) is 17.5 Å². The summed E-state index contributed by atoms with van der Waals surface area (Å²) in [6, 6.07) is 21.8. The van der Waals surface area contributed by atoms with E-state index in [0.717, 1.165) is 26.9 Å². The average molecular weight is 612 g/mol. The minimum absolute atomic E-state index is 0.240. The zero-order valence-electron chi connectivity index (χ0n) is 24.2. The van der Waals surface area contributed by atoms with E-state index < -0.39 is 12.0 Å². The summed E-state index contributed by atoms with van der Waals surface area (Å²) in [6.07, 6.45) is 5.49. The lowest BCUT2D eigenvalue weighted by Crippen LogP contribution is -2.40. The van der Waals surface area contributed by atoms with Crippen LogP contribution in [0.5, 0.6) is 0 Å². The first-order chi connectivity index (χ1) is 20.7. The Morgan fingerprint density at radius 3 is 2.53 bits per heavy atom. The second-order valence-electron chi connectivity index (χ2n) is 10.6. The number of fused-ring (bicyclic) bond motifs is 2. The van der Waals surface area contributed by atoms with Gasteiger partial charge in [-0.1, -0.05) is 59.9 Å². The van der Waals surface area contributed by atoms with Gasteiger partial charge in [-0.05, 0) is 62.9 Å². The summed E-state index contributed by atoms with van der Waals surface area (Å²) in [5.41, 5.74) is 3.80. The van der Waals surface area contributed by atoms with Crippen LogP contribution < -0.4 is 14.9 Å². The maximum Gasteiger partial charge on any atom is 0.338 e. The molecule has 0 unspecified atom stereocenters. The highest BCUT2D eigenvalue weighted by molar-refractivity contribution is 7.98. The summed E-state index contributed by atoms with van der Waals surface area (Å²) >= 11 is 2.91. The number of thioether (sulfide) groups is 1. The predicted octanol–water partition coefficient (Wildman–Crippen LogP) is 6.05. The fraction of sp³-hybridized carbons (Fsp3) is 0.206. The summed E-state index contributed by atoms with van der Waals surface area (Å²) in [7, 11) is 0. The van der Waals surface area contributed by atoms with E-state index in [1.165, 1.54) is 17.4 Å². The first-order valence-electron chi connectivity index (χ1n) is 13.9. The van der Waals surface area contributed by atoms with Gasteiger partial charge in [0.05, 0.1) is 34.5 Å². The monoisotopic (exact) mass is 611 g/mol. The number of ether oxygens (including phenoxy) is 1. The van der Waals surface area contributed by atoms with Crippen LogP contribution >= 0.6 is 23.1 Å². The minimum atomic E-state index is -0.678. The van der Waals surface area contributed by atoms with E-state index in [4.69, 9.17) is 9.73 Å². The number of para-hydroxylation sites is 1. The summed E-state index contributed by atoms with van der Waals surface area (Å²) in [5, 5.41) is 0.950. The molecule has 5 aromatic rings. The van der Waals surface area contributed by atoms with Gasteiger partial charge in [-0.25, -0.2) is 14.2 Å². The van der Waals surface area contributed by atoms with Crippen LogP contribution in [0.25, 0.3) is 17.0 Å². The van der Waals surface area contributed by atoms with Crippen molar-refractivity contribution in [3.05, 3.63) is 132 Å². The van der Waals surface area contributed by atoms with Gasteiger partial charge in [0, 0.05) is 33.1 Å². The van der Waals surface area contributed by atoms with Crippen molar-refractivity contribution in [2.75, 3.05) is 6.26 Å². The quantitative estimate of drug-likeness (QED) is 0.166. The fourth-order valence-electron chi connectivity index (χ4n) is 5.43. The van der Waals surface area contributed by atoms with Crippen molar-refractivity contribution in [1.29, 1.82) is 0 Å². The van der Waals surface area contributed by atoms with Gasteiger partial charge in [-0.2, -0.15) is 0 Å². The van der Waals surface area contributed by atoms with Crippen molar-refractivity contribution < 1.29 is 13.9 Å². The van der Waals surface area contributed by atoms with Gasteiger partial charge in [0.1, 0.15) is 5.82 Å². The third-order valence-electron chi connectivity index (χ3n) is 7.42. The predicted molar refractivity (Wildman–Crippen MR) is 171 cm³/mol. The summed E-state index contributed by atoms with van der Waals surface area (Å²) in [6.45, 7) is 5.74. The molecule has 6 nitrogen and oxygen atoms in total. The van der Waals surface area contributed by atoms with Gasteiger partial charge < -0.3 is 9.30 Å². The Morgan fingerprint density at radius 2 is 1.81 bits per heavy atom. The first kappa shape index (κ1) is 28.9. The highest BCUT2D eigenvalue weighted by atomic mass is 32.2. The van der Waals surface area contributed by atoms with E-state index >= 15 is 0 Å². The second-order valence-corrected chi connectivity index (χ2v) is 12.5. The van der Waals surface area contributed by atoms with Gasteiger partial charge in [-0.3, -0.25) is 9.36 Å². The van der Waals surface area contributed by atoms with Gasteiger partial charge in [0.15, 0.2) is 4.80 Å². The van der Waals surface area contributed by atoms with Gasteiger partial charge in [-0.15, -0.1) is 11.8 Å². The molecule has 1 aliphatic rings. The SMILES string of the molecule is CSc1ccc([C@H]2C(C(=O)OC(C)C)=C(C)N=c3s/c(=C\c4cn(Cc5ccccc5F)c5ccccc45)c(=O)n32)cc1. The number of hydrogen-bond donors (Lipinski definition) is 0. The van der Waals surface area contributed by atoms with Crippen molar-refractivity contribution in [2.24, 2.45) is 4.99 Å². The van der Waals surface area contributed by atoms with Crippen LogP contribution in [0.3, 0.4) is 0 Å². The third kappa shape index (κ3) is 5.50. The van der Waals surface area contributed by atoms with Crippen LogP contribution in [0, 0.1) is 5.82 Å². The Morgan fingerprint density at radius 1 is 1.09 bits per heavy atom. The number of carbonyl (C=O) groups is 1. The standard InChI is InChI=1S/C34H30FN3O3S2/c1-20(2)41-33(40)30-21(3)36-34-38(31(30)22-13-15-25(42-4)16-14-22)32(39)29(43-34)17-24-19-37(28-12-8-6-10-26(24)28)18-23-9-5-7-11-27(23)35/h5-17,19-20,31H,18H2,1-4H3/b29-17-/t31-/m0/s1. The molecule has 0 saturated carbocycles. The van der Waals surface area contributed by atoms with E-state index in [1.807, 2.05) is 77.7 Å². The van der Waals surface area contributed by atoms with Crippen LogP contribution in [0.2, 0.25) is 0 Å². The molecule has 218 valence electrons. The summed E-state index contributed by atoms with van der Waals surface area (Å²) in [4.78, 5) is 33.8. The Bertz CT molecular complexity index is 2070. The third-order valence-corrected chi connectivity index (χ3v) is 9.15. The van der Waals surface area contributed by atoms with Crippen LogP contribution in [-0.4, -0.2) is 27.5 Å². The zero-order valence-corrected chi connectivity index (χ0v) is 25.8. The average Bonchev–Trinajstić information content (AvgIpc) is 3.49. The molecule has 1 aliphatic heterocycles. The lowest BCUT2D eigenvalue weighted by Gasteiger charge is -2.25. The molecule has 1 atom stereocenters. The number of rotatable bonds is 7. The lowest BCUT2D eigenvalue weighted by molar-refractivity contribution is -0.143. The maximum atomic E-state index is 14.5. The number of esters is 1. The van der Waals surface area contributed by atoms with Crippen molar-refractivity contribution in [3.8, 4) is 0 Å². The number of thiazole rings is 1. The normalized spacial score (nSPS) is 15.2. The van der Waals surface area contributed by atoms with Crippen LogP contribution in [0.1, 0.15) is 43.5 Å². The van der Waals surface area contributed by atoms with Gasteiger partial charge in [0.25, 0.3) is 5.56 Å². The van der Waals surface area contributed by atoms with Crippen LogP contribution in [0.15, 0.2) is 105 Å². The Balaban J connectivity index is 1.51. The molecule has 9 heteroatoms. The lowest BCUT2D eigenvalue weighted by atomic mass is 9.96. The minimum Gasteiger partial charge on any atom is -0.459 e. The highest BCUT2D eigenvalue weighted by Gasteiger charge is 2.33. The topological polar surface area (TPSA) is 65.6 Å². The molecular formula is C34H30FN3O3S2. The van der Waals surface area contributed by atoms with E-state index in [9.17, 15) is 14.0 Å². The molecular weight excluding hydrogens is 582 g/mol. The number of allylic oxidation sites excluding steroid dienone is 1. The Labute approximate surface area is 256 Å². The molecule has 43 heavy (non-hydrogen) atoms. The number of halogens is 1. The molecule has 0 amide bonds. The number of nitrogens with zero attached hydrogens (tertiary/aromatic N) is 3. The fourth-order valence-corrected chi connectivity index (χ4v) is 6.88. The number of benzene rings is 3. The molecule has 0 N–H and O–H groups in total. The van der Waals surface area contributed by atoms with Crippen LogP contribution in [0.4, 0.5) is 4.39 Å². The molecule has 3 heterocycles. The molecule has 0 spiro atoms. The smallest absolute Gasteiger partial charge is 0.338 e. The molecule has 3 aromatic carbocycles.